The number of nitrogens with zero attached hydrogens (tertiary/aromatic N) is 5. The van der Waals surface area contributed by atoms with Crippen LogP contribution in [-0.2, 0) is 14.8 Å². The first-order chi connectivity index (χ1) is 15.9. The molecule has 1 aliphatic carbocycles. The van der Waals surface area contributed by atoms with Crippen molar-refractivity contribution in [3.63, 3.8) is 0 Å². The molecule has 0 bridgehead atoms. The molecule has 0 atom stereocenters. The summed E-state index contributed by atoms with van der Waals surface area (Å²) in [6.45, 7) is 0. The normalized spacial score (nSPS) is 15.0. The third-order valence-electron chi connectivity index (χ3n) is 5.68. The lowest BCUT2D eigenvalue weighted by Crippen LogP contribution is -2.38. The average Bonchev–Trinajstić information content (AvgIpc) is 3.32. The van der Waals surface area contributed by atoms with Gasteiger partial charge in [-0.1, -0.05) is 49.2 Å². The van der Waals surface area contributed by atoms with E-state index in [-0.39, 0.29) is 22.6 Å². The van der Waals surface area contributed by atoms with Gasteiger partial charge in [0.05, 0.1) is 16.3 Å². The Morgan fingerprint density at radius 3 is 2.48 bits per heavy atom. The molecule has 1 aliphatic rings. The Hall–Kier alpha value is -2.76. The second-order valence-corrected chi connectivity index (χ2v) is 10.8. The van der Waals surface area contributed by atoms with Crippen LogP contribution in [0.2, 0.25) is 0 Å². The second-order valence-electron chi connectivity index (χ2n) is 7.88. The zero-order chi connectivity index (χ0) is 23.3. The zero-order valence-corrected chi connectivity index (χ0v) is 19.9. The number of amides is 1. The monoisotopic (exact) mass is 486 g/mol. The summed E-state index contributed by atoms with van der Waals surface area (Å²) in [7, 11) is -1.91. The number of para-hydroxylation sites is 1. The number of benzene rings is 2. The van der Waals surface area contributed by atoms with Gasteiger partial charge in [0.2, 0.25) is 21.1 Å². The summed E-state index contributed by atoms with van der Waals surface area (Å²) in [5.41, 5.74) is 1.34. The van der Waals surface area contributed by atoms with Crippen LogP contribution < -0.4 is 5.32 Å². The second kappa shape index (κ2) is 10.4. The van der Waals surface area contributed by atoms with E-state index >= 15 is 0 Å². The summed E-state index contributed by atoms with van der Waals surface area (Å²) in [6, 6.07) is 15.8. The maximum atomic E-state index is 13.0. The standard InChI is InChI=1S/C22H26N6O3S2/c1-27(18-8-4-2-5-9-18)33(30,31)20-14-12-17(13-15-20)23-21(29)16-32-22-24-25-26-28(22)19-10-6-3-7-11-19/h3,6-7,10-15,18H,2,4-5,8-9,16H2,1H3,(H,23,29). The van der Waals surface area contributed by atoms with E-state index in [1.807, 2.05) is 30.3 Å². The molecule has 3 aromatic rings. The first-order valence-electron chi connectivity index (χ1n) is 10.8. The number of hydrogen-bond donors (Lipinski definition) is 1. The molecule has 1 heterocycles. The molecule has 0 aliphatic heterocycles. The Bertz CT molecular complexity index is 1180. The van der Waals surface area contributed by atoms with Gasteiger partial charge in [0.15, 0.2) is 0 Å². The van der Waals surface area contributed by atoms with Gasteiger partial charge in [-0.3, -0.25) is 4.79 Å². The molecule has 4 rings (SSSR count). The van der Waals surface area contributed by atoms with E-state index in [4.69, 9.17) is 0 Å². The highest BCUT2D eigenvalue weighted by Crippen LogP contribution is 2.27. The minimum Gasteiger partial charge on any atom is -0.325 e. The van der Waals surface area contributed by atoms with Crippen LogP contribution in [0.1, 0.15) is 32.1 Å². The summed E-state index contributed by atoms with van der Waals surface area (Å²) < 4.78 is 29.0. The highest BCUT2D eigenvalue weighted by atomic mass is 32.2. The van der Waals surface area contributed by atoms with Gasteiger partial charge in [0.1, 0.15) is 0 Å². The van der Waals surface area contributed by atoms with Gasteiger partial charge in [0.25, 0.3) is 0 Å². The minimum atomic E-state index is -3.56. The molecule has 33 heavy (non-hydrogen) atoms. The maximum absolute atomic E-state index is 13.0. The molecule has 9 nitrogen and oxygen atoms in total. The molecule has 0 spiro atoms. The number of anilines is 1. The molecule has 11 heteroatoms. The summed E-state index contributed by atoms with van der Waals surface area (Å²) in [6.07, 6.45) is 5.08. The van der Waals surface area contributed by atoms with Crippen molar-refractivity contribution in [1.82, 2.24) is 24.5 Å². The number of carbonyl (C=O) groups excluding carboxylic acids is 1. The van der Waals surface area contributed by atoms with E-state index in [0.29, 0.717) is 10.8 Å². The van der Waals surface area contributed by atoms with E-state index in [1.165, 1.54) is 28.2 Å². The number of carbonyl (C=O) groups is 1. The van der Waals surface area contributed by atoms with Crippen molar-refractivity contribution in [2.24, 2.45) is 0 Å². The van der Waals surface area contributed by atoms with Crippen molar-refractivity contribution in [2.75, 3.05) is 18.1 Å². The zero-order valence-electron chi connectivity index (χ0n) is 18.3. The summed E-state index contributed by atoms with van der Waals surface area (Å²) in [4.78, 5) is 12.6. The highest BCUT2D eigenvalue weighted by Gasteiger charge is 2.29. The van der Waals surface area contributed by atoms with Gasteiger partial charge < -0.3 is 5.32 Å². The number of sulfonamides is 1. The SMILES string of the molecule is CN(C1CCCCC1)S(=O)(=O)c1ccc(NC(=O)CSc2nnnn2-c2ccccc2)cc1. The lowest BCUT2D eigenvalue weighted by molar-refractivity contribution is -0.113. The summed E-state index contributed by atoms with van der Waals surface area (Å²) >= 11 is 1.22. The van der Waals surface area contributed by atoms with Crippen LogP contribution in [0.4, 0.5) is 5.69 Å². The molecule has 1 amide bonds. The maximum Gasteiger partial charge on any atom is 0.243 e. The lowest BCUT2D eigenvalue weighted by atomic mass is 9.96. The van der Waals surface area contributed by atoms with Crippen LogP contribution in [0.25, 0.3) is 5.69 Å². The van der Waals surface area contributed by atoms with Gasteiger partial charge in [-0.25, -0.2) is 8.42 Å². The predicted molar refractivity (Wildman–Crippen MR) is 127 cm³/mol. The Balaban J connectivity index is 1.35. The van der Waals surface area contributed by atoms with Crippen molar-refractivity contribution in [3.05, 3.63) is 54.6 Å². The number of aromatic nitrogens is 4. The third kappa shape index (κ3) is 5.60. The molecule has 0 saturated heterocycles. The molecule has 0 unspecified atom stereocenters. The van der Waals surface area contributed by atoms with Crippen molar-refractivity contribution in [2.45, 2.75) is 48.2 Å². The van der Waals surface area contributed by atoms with E-state index in [2.05, 4.69) is 20.8 Å². The van der Waals surface area contributed by atoms with E-state index in [9.17, 15) is 13.2 Å². The van der Waals surface area contributed by atoms with Gasteiger partial charge in [-0.2, -0.15) is 8.99 Å². The average molecular weight is 487 g/mol. The summed E-state index contributed by atoms with van der Waals surface area (Å²) in [5, 5.41) is 14.9. The number of rotatable bonds is 8. The number of hydrogen-bond acceptors (Lipinski definition) is 7. The summed E-state index contributed by atoms with van der Waals surface area (Å²) in [5.74, 6) is -0.130. The Morgan fingerprint density at radius 1 is 1.09 bits per heavy atom. The van der Waals surface area contributed by atoms with E-state index < -0.39 is 10.0 Å². The van der Waals surface area contributed by atoms with Crippen molar-refractivity contribution in [3.8, 4) is 5.69 Å². The van der Waals surface area contributed by atoms with Gasteiger partial charge in [-0.05, 0) is 59.7 Å². The number of nitrogens with one attached hydrogen (secondary N) is 1. The van der Waals surface area contributed by atoms with Crippen molar-refractivity contribution >= 4 is 33.4 Å². The first kappa shape index (κ1) is 23.4. The van der Waals surface area contributed by atoms with Crippen LogP contribution in [0, 0.1) is 0 Å². The Labute approximate surface area is 197 Å². The van der Waals surface area contributed by atoms with Gasteiger partial charge >= 0.3 is 0 Å². The molecule has 0 radical (unpaired) electrons. The molecular formula is C22H26N6O3S2. The van der Waals surface area contributed by atoms with Crippen LogP contribution in [0.5, 0.6) is 0 Å². The fourth-order valence-corrected chi connectivity index (χ4v) is 5.95. The third-order valence-corrected chi connectivity index (χ3v) is 8.52. The van der Waals surface area contributed by atoms with Gasteiger partial charge in [0, 0.05) is 18.8 Å². The molecule has 1 fully saturated rings. The minimum absolute atomic E-state index is 0.0487. The predicted octanol–water partition coefficient (Wildman–Crippen LogP) is 3.35. The fourth-order valence-electron chi connectivity index (χ4n) is 3.84. The highest BCUT2D eigenvalue weighted by molar-refractivity contribution is 7.99. The van der Waals surface area contributed by atoms with Crippen molar-refractivity contribution < 1.29 is 13.2 Å². The molecule has 1 saturated carbocycles. The van der Waals surface area contributed by atoms with Crippen LogP contribution in [0.15, 0.2) is 64.6 Å². The topological polar surface area (TPSA) is 110 Å². The Morgan fingerprint density at radius 2 is 1.79 bits per heavy atom. The quantitative estimate of drug-likeness (QED) is 0.486. The molecule has 174 valence electrons. The van der Waals surface area contributed by atoms with Gasteiger partial charge in [-0.15, -0.1) is 5.10 Å². The largest absolute Gasteiger partial charge is 0.325 e. The molecule has 2 aromatic carbocycles. The number of thioether (sulfide) groups is 1. The lowest BCUT2D eigenvalue weighted by Gasteiger charge is -2.30. The fraction of sp³-hybridized carbons (Fsp3) is 0.364. The molecule has 1 aromatic heterocycles. The van der Waals surface area contributed by atoms with Crippen LogP contribution in [0.3, 0.4) is 0 Å². The smallest absolute Gasteiger partial charge is 0.243 e. The van der Waals surface area contributed by atoms with E-state index in [0.717, 1.165) is 37.8 Å². The molecule has 1 N–H and O–H groups in total. The van der Waals surface area contributed by atoms with Crippen molar-refractivity contribution in [1.29, 1.82) is 0 Å². The first-order valence-corrected chi connectivity index (χ1v) is 13.2. The van der Waals surface area contributed by atoms with E-state index in [1.54, 1.807) is 23.9 Å². The molecular weight excluding hydrogens is 460 g/mol. The van der Waals surface area contributed by atoms with Crippen LogP contribution in [-0.4, -0.2) is 57.7 Å². The van der Waals surface area contributed by atoms with Crippen LogP contribution >= 0.6 is 11.8 Å². The Kier molecular flexibility index (Phi) is 7.41. The number of tetrazole rings is 1.